The van der Waals surface area contributed by atoms with Gasteiger partial charge in [-0.05, 0) is 44.9 Å². The fraction of sp³-hybridized carbons (Fsp3) is 0.875. The molecule has 1 unspecified atom stereocenters. The fourth-order valence-electron chi connectivity index (χ4n) is 8.05. The summed E-state index contributed by atoms with van der Waals surface area (Å²) in [6.07, 6.45) is 58.7. The molecule has 0 saturated carbocycles. The SMILES string of the molecule is CCCC/C=C\C/C=C\CCCCCCCC(=O)OCC(COC(=O)CCCCCCCCCCCCCCCCC)OC(=O)CCCCCCCCCCCCCCCCC. The van der Waals surface area contributed by atoms with E-state index in [4.69, 9.17) is 14.2 Å². The van der Waals surface area contributed by atoms with Crippen molar-refractivity contribution in [3.05, 3.63) is 24.3 Å². The summed E-state index contributed by atoms with van der Waals surface area (Å²) in [5, 5.41) is 0. The molecular weight excluding hydrogens is 769 g/mol. The monoisotopic (exact) mass is 873 g/mol. The molecule has 0 aliphatic rings. The predicted molar refractivity (Wildman–Crippen MR) is 266 cm³/mol. The maximum atomic E-state index is 12.8. The number of carbonyl (C=O) groups is 3. The number of ether oxygens (including phenoxy) is 3. The van der Waals surface area contributed by atoms with E-state index in [0.717, 1.165) is 77.0 Å². The highest BCUT2D eigenvalue weighted by Gasteiger charge is 2.19. The Kier molecular flexibility index (Phi) is 49.8. The van der Waals surface area contributed by atoms with Gasteiger partial charge >= 0.3 is 17.9 Å². The molecule has 0 aromatic rings. The van der Waals surface area contributed by atoms with Crippen molar-refractivity contribution in [1.29, 1.82) is 0 Å². The van der Waals surface area contributed by atoms with Crippen molar-refractivity contribution < 1.29 is 28.6 Å². The second kappa shape index (κ2) is 51.5. The molecule has 0 aromatic carbocycles. The molecule has 0 rings (SSSR count). The summed E-state index contributed by atoms with van der Waals surface area (Å²) in [4.78, 5) is 38.0. The maximum absolute atomic E-state index is 12.8. The Morgan fingerprint density at radius 1 is 0.323 bits per heavy atom. The van der Waals surface area contributed by atoms with Crippen LogP contribution in [0.15, 0.2) is 24.3 Å². The van der Waals surface area contributed by atoms with Gasteiger partial charge in [0.25, 0.3) is 0 Å². The Morgan fingerprint density at radius 2 is 0.597 bits per heavy atom. The normalized spacial score (nSPS) is 12.1. The largest absolute Gasteiger partial charge is 0.462 e. The number of allylic oxidation sites excluding steroid dienone is 4. The summed E-state index contributed by atoms with van der Waals surface area (Å²) in [6.45, 7) is 6.63. The zero-order valence-electron chi connectivity index (χ0n) is 41.7. The molecule has 0 N–H and O–H groups in total. The van der Waals surface area contributed by atoms with E-state index >= 15 is 0 Å². The van der Waals surface area contributed by atoms with Gasteiger partial charge in [-0.25, -0.2) is 0 Å². The van der Waals surface area contributed by atoms with Crippen molar-refractivity contribution in [2.45, 2.75) is 303 Å². The fourth-order valence-corrected chi connectivity index (χ4v) is 8.05. The van der Waals surface area contributed by atoms with Crippen molar-refractivity contribution in [3.63, 3.8) is 0 Å². The van der Waals surface area contributed by atoms with Gasteiger partial charge in [-0.1, -0.05) is 257 Å². The lowest BCUT2D eigenvalue weighted by molar-refractivity contribution is -0.167. The second-order valence-corrected chi connectivity index (χ2v) is 18.5. The van der Waals surface area contributed by atoms with Crippen molar-refractivity contribution >= 4 is 17.9 Å². The first-order chi connectivity index (χ1) is 30.5. The van der Waals surface area contributed by atoms with E-state index in [2.05, 4.69) is 45.1 Å². The highest BCUT2D eigenvalue weighted by Crippen LogP contribution is 2.17. The van der Waals surface area contributed by atoms with Crippen LogP contribution in [-0.4, -0.2) is 37.2 Å². The Hall–Kier alpha value is -2.11. The molecule has 0 spiro atoms. The quantitative estimate of drug-likeness (QED) is 0.0262. The molecular formula is C56H104O6. The van der Waals surface area contributed by atoms with Crippen LogP contribution in [0, 0.1) is 0 Å². The molecule has 1 atom stereocenters. The Morgan fingerprint density at radius 3 is 0.935 bits per heavy atom. The van der Waals surface area contributed by atoms with Gasteiger partial charge < -0.3 is 14.2 Å². The molecule has 0 aliphatic carbocycles. The highest BCUT2D eigenvalue weighted by molar-refractivity contribution is 5.71. The summed E-state index contributed by atoms with van der Waals surface area (Å²) >= 11 is 0. The van der Waals surface area contributed by atoms with Gasteiger partial charge in [-0.3, -0.25) is 14.4 Å². The number of rotatable bonds is 50. The van der Waals surface area contributed by atoms with Crippen molar-refractivity contribution in [1.82, 2.24) is 0 Å². The van der Waals surface area contributed by atoms with Crippen LogP contribution in [0.25, 0.3) is 0 Å². The van der Waals surface area contributed by atoms with Crippen LogP contribution in [0.1, 0.15) is 297 Å². The minimum atomic E-state index is -0.771. The molecule has 0 saturated heterocycles. The van der Waals surface area contributed by atoms with E-state index in [1.165, 1.54) is 180 Å². The highest BCUT2D eigenvalue weighted by atomic mass is 16.6. The Bertz CT molecular complexity index is 1000. The van der Waals surface area contributed by atoms with Crippen LogP contribution in [0.4, 0.5) is 0 Å². The second-order valence-electron chi connectivity index (χ2n) is 18.5. The summed E-state index contributed by atoms with van der Waals surface area (Å²) in [6, 6.07) is 0. The minimum Gasteiger partial charge on any atom is -0.462 e. The molecule has 364 valence electrons. The Labute approximate surface area is 385 Å². The van der Waals surface area contributed by atoms with Crippen molar-refractivity contribution in [2.24, 2.45) is 0 Å². The van der Waals surface area contributed by atoms with Gasteiger partial charge in [0.15, 0.2) is 6.10 Å². The Balaban J connectivity index is 4.35. The smallest absolute Gasteiger partial charge is 0.306 e. The summed E-state index contributed by atoms with van der Waals surface area (Å²) in [7, 11) is 0. The van der Waals surface area contributed by atoms with Crippen LogP contribution in [0.3, 0.4) is 0 Å². The first-order valence-electron chi connectivity index (χ1n) is 27.3. The summed E-state index contributed by atoms with van der Waals surface area (Å²) in [5.74, 6) is -0.866. The number of unbranched alkanes of at least 4 members (excludes halogenated alkanes) is 35. The molecule has 0 bridgehead atoms. The van der Waals surface area contributed by atoms with E-state index in [1.807, 2.05) is 0 Å². The summed E-state index contributed by atoms with van der Waals surface area (Å²) < 4.78 is 16.8. The zero-order chi connectivity index (χ0) is 45.1. The minimum absolute atomic E-state index is 0.0704. The van der Waals surface area contributed by atoms with E-state index in [1.54, 1.807) is 0 Å². The third-order valence-electron chi connectivity index (χ3n) is 12.2. The summed E-state index contributed by atoms with van der Waals surface area (Å²) in [5.41, 5.74) is 0. The molecule has 6 nitrogen and oxygen atoms in total. The van der Waals surface area contributed by atoms with E-state index in [-0.39, 0.29) is 31.1 Å². The van der Waals surface area contributed by atoms with Crippen LogP contribution >= 0.6 is 0 Å². The maximum Gasteiger partial charge on any atom is 0.306 e. The van der Waals surface area contributed by atoms with Gasteiger partial charge in [0.05, 0.1) is 0 Å². The van der Waals surface area contributed by atoms with Crippen LogP contribution in [-0.2, 0) is 28.6 Å². The molecule has 0 amide bonds. The van der Waals surface area contributed by atoms with Gasteiger partial charge in [-0.2, -0.15) is 0 Å². The van der Waals surface area contributed by atoms with E-state index < -0.39 is 6.10 Å². The lowest BCUT2D eigenvalue weighted by atomic mass is 10.0. The predicted octanol–water partition coefficient (Wildman–Crippen LogP) is 17.9. The molecule has 0 aliphatic heterocycles. The lowest BCUT2D eigenvalue weighted by Crippen LogP contribution is -2.30. The standard InChI is InChI=1S/C56H104O6/c1-4-7-10-13-16-19-22-25-28-31-34-37-40-43-46-49-55(58)61-52-53(51-60-54(57)48-45-42-39-36-33-30-27-24-21-18-15-12-9-6-3)62-56(59)50-47-44-41-38-35-32-29-26-23-20-17-14-11-8-5-2/h15,18,24,27,53H,4-14,16-17,19-23,25-26,28-52H2,1-3H3/b18-15-,27-24-. The van der Waals surface area contributed by atoms with Crippen molar-refractivity contribution in [2.75, 3.05) is 13.2 Å². The third-order valence-corrected chi connectivity index (χ3v) is 12.2. The number of hydrogen-bond acceptors (Lipinski definition) is 6. The topological polar surface area (TPSA) is 78.9 Å². The molecule has 62 heavy (non-hydrogen) atoms. The van der Waals surface area contributed by atoms with Gasteiger partial charge in [0, 0.05) is 19.3 Å². The van der Waals surface area contributed by atoms with Gasteiger partial charge in [-0.15, -0.1) is 0 Å². The average Bonchev–Trinajstić information content (AvgIpc) is 3.27. The van der Waals surface area contributed by atoms with Gasteiger partial charge in [0.1, 0.15) is 13.2 Å². The number of hydrogen-bond donors (Lipinski definition) is 0. The first kappa shape index (κ1) is 59.9. The zero-order valence-corrected chi connectivity index (χ0v) is 41.7. The van der Waals surface area contributed by atoms with Crippen LogP contribution < -0.4 is 0 Å². The number of carbonyl (C=O) groups excluding carboxylic acids is 3. The number of esters is 3. The van der Waals surface area contributed by atoms with Crippen molar-refractivity contribution in [3.8, 4) is 0 Å². The van der Waals surface area contributed by atoms with Gasteiger partial charge in [0.2, 0.25) is 0 Å². The molecule has 0 radical (unpaired) electrons. The third kappa shape index (κ3) is 48.9. The van der Waals surface area contributed by atoms with Crippen LogP contribution in [0.2, 0.25) is 0 Å². The average molecular weight is 873 g/mol. The van der Waals surface area contributed by atoms with Crippen LogP contribution in [0.5, 0.6) is 0 Å². The lowest BCUT2D eigenvalue weighted by Gasteiger charge is -2.18. The molecule has 0 fully saturated rings. The van der Waals surface area contributed by atoms with E-state index in [0.29, 0.717) is 19.3 Å². The molecule has 0 heterocycles. The van der Waals surface area contributed by atoms with E-state index in [9.17, 15) is 14.4 Å². The first-order valence-corrected chi connectivity index (χ1v) is 27.3. The molecule has 0 aromatic heterocycles. The molecule has 6 heteroatoms.